The van der Waals surface area contributed by atoms with Crippen molar-refractivity contribution in [1.82, 2.24) is 14.9 Å². The van der Waals surface area contributed by atoms with E-state index in [1.807, 2.05) is 0 Å². The van der Waals surface area contributed by atoms with Gasteiger partial charge in [-0.15, -0.1) is 13.2 Å². The number of anilines is 1. The number of ether oxygens (including phenoxy) is 1. The number of hydrogen-bond acceptors (Lipinski definition) is 6. The zero-order chi connectivity index (χ0) is 21.6. The first-order valence-electron chi connectivity index (χ1n) is 8.73. The van der Waals surface area contributed by atoms with E-state index in [0.717, 1.165) is 0 Å². The lowest BCUT2D eigenvalue weighted by Crippen LogP contribution is -2.18. The summed E-state index contributed by atoms with van der Waals surface area (Å²) in [5.74, 6) is 0.00208. The normalized spacial score (nSPS) is 15.0. The number of aromatic nitrogens is 2. The summed E-state index contributed by atoms with van der Waals surface area (Å²) in [6.45, 7) is 1.74. The maximum absolute atomic E-state index is 12.9. The van der Waals surface area contributed by atoms with Crippen molar-refractivity contribution in [1.29, 1.82) is 0 Å². The fourth-order valence-electron chi connectivity index (χ4n) is 3.17. The molecule has 1 aliphatic rings. The number of nitrogens with zero attached hydrogens (tertiary/aromatic N) is 3. The number of alkyl halides is 3. The van der Waals surface area contributed by atoms with E-state index < -0.39 is 18.0 Å². The van der Waals surface area contributed by atoms with Crippen LogP contribution in [0.4, 0.5) is 19.1 Å². The molecule has 1 amide bonds. The van der Waals surface area contributed by atoms with Crippen molar-refractivity contribution in [2.45, 2.75) is 13.3 Å². The van der Waals surface area contributed by atoms with Gasteiger partial charge in [-0.3, -0.25) is 4.79 Å². The molecule has 0 saturated carbocycles. The second-order valence-electron chi connectivity index (χ2n) is 6.54. The van der Waals surface area contributed by atoms with Crippen molar-refractivity contribution in [2.24, 2.45) is 0 Å². The number of para-hydroxylation sites is 1. The smallest absolute Gasteiger partial charge is 0.460 e. The quantitative estimate of drug-likeness (QED) is 0.691. The van der Waals surface area contributed by atoms with Crippen LogP contribution in [-0.4, -0.2) is 34.2 Å². The topological polar surface area (TPSA) is 94.5 Å². The number of rotatable bonds is 3. The third-order valence-electron chi connectivity index (χ3n) is 4.46. The Hall–Kier alpha value is -3.82. The molecule has 10 heteroatoms. The van der Waals surface area contributed by atoms with Gasteiger partial charge in [-0.1, -0.05) is 18.2 Å². The van der Waals surface area contributed by atoms with Gasteiger partial charge in [-0.25, -0.2) is 9.97 Å². The lowest BCUT2D eigenvalue weighted by atomic mass is 10.1. The molecule has 0 spiro atoms. The molecule has 0 fully saturated rings. The average Bonchev–Trinajstić information content (AvgIpc) is 3.19. The predicted octanol–water partition coefficient (Wildman–Crippen LogP) is 4.11. The molecule has 7 nitrogen and oxygen atoms in total. The van der Waals surface area contributed by atoms with Crippen LogP contribution >= 0.6 is 0 Å². The lowest BCUT2D eigenvalue weighted by Gasteiger charge is -2.14. The van der Waals surface area contributed by atoms with Gasteiger partial charge >= 0.3 is 6.36 Å². The molecule has 154 valence electrons. The van der Waals surface area contributed by atoms with Crippen molar-refractivity contribution in [3.63, 3.8) is 0 Å². The Morgan fingerprint density at radius 1 is 1.13 bits per heavy atom. The maximum Gasteiger partial charge on any atom is 0.573 e. The van der Waals surface area contributed by atoms with Crippen LogP contribution in [0.3, 0.4) is 0 Å². The Balaban J connectivity index is 1.89. The summed E-state index contributed by atoms with van der Waals surface area (Å²) in [5, 5.41) is 0. The van der Waals surface area contributed by atoms with E-state index in [0.29, 0.717) is 11.5 Å². The largest absolute Gasteiger partial charge is 0.573 e. The Bertz CT molecular complexity index is 1180. The molecule has 0 atom stereocenters. The summed E-state index contributed by atoms with van der Waals surface area (Å²) in [4.78, 5) is 22.5. The first kappa shape index (κ1) is 19.5. The van der Waals surface area contributed by atoms with Crippen LogP contribution in [0.25, 0.3) is 23.2 Å². The fourth-order valence-corrected chi connectivity index (χ4v) is 3.17. The zero-order valence-electron chi connectivity index (χ0n) is 15.8. The molecule has 3 heterocycles. The zero-order valence-corrected chi connectivity index (χ0v) is 15.8. The van der Waals surface area contributed by atoms with Gasteiger partial charge in [0, 0.05) is 12.6 Å². The van der Waals surface area contributed by atoms with E-state index >= 15 is 0 Å². The third-order valence-corrected chi connectivity index (χ3v) is 4.46. The van der Waals surface area contributed by atoms with E-state index in [2.05, 4.69) is 14.7 Å². The molecule has 0 unspecified atom stereocenters. The molecule has 0 bridgehead atoms. The number of fused-ring (bicyclic) bond motifs is 1. The van der Waals surface area contributed by atoms with Gasteiger partial charge in [-0.05, 0) is 31.2 Å². The first-order valence-corrected chi connectivity index (χ1v) is 8.73. The summed E-state index contributed by atoms with van der Waals surface area (Å²) in [5.41, 5.74) is 6.78. The van der Waals surface area contributed by atoms with Gasteiger partial charge in [0.2, 0.25) is 5.95 Å². The van der Waals surface area contributed by atoms with Crippen molar-refractivity contribution >= 4 is 23.6 Å². The molecule has 4 rings (SSSR count). The minimum absolute atomic E-state index is 0.105. The van der Waals surface area contributed by atoms with Gasteiger partial charge in [0.05, 0.1) is 11.3 Å². The molecule has 2 aromatic heterocycles. The van der Waals surface area contributed by atoms with Crippen LogP contribution in [0.15, 0.2) is 40.8 Å². The molecule has 30 heavy (non-hydrogen) atoms. The number of hydrogen-bond donors (Lipinski definition) is 1. The minimum atomic E-state index is -4.86. The molecule has 0 radical (unpaired) electrons. The van der Waals surface area contributed by atoms with Crippen LogP contribution in [0.2, 0.25) is 0 Å². The number of nitrogens with two attached hydrogens (primary N) is 1. The second-order valence-corrected chi connectivity index (χ2v) is 6.54. The second kappa shape index (κ2) is 6.90. The molecule has 0 aliphatic carbocycles. The van der Waals surface area contributed by atoms with Gasteiger partial charge < -0.3 is 19.8 Å². The summed E-state index contributed by atoms with van der Waals surface area (Å²) in [6, 6.07) is 8.95. The molecular formula is C20H15F3N4O3. The maximum atomic E-state index is 12.9. The molecule has 1 aliphatic heterocycles. The van der Waals surface area contributed by atoms with Gasteiger partial charge in [0.25, 0.3) is 5.91 Å². The lowest BCUT2D eigenvalue weighted by molar-refractivity contribution is -0.274. The van der Waals surface area contributed by atoms with Crippen LogP contribution in [0, 0.1) is 6.92 Å². The minimum Gasteiger partial charge on any atom is -0.460 e. The van der Waals surface area contributed by atoms with E-state index in [9.17, 15) is 18.0 Å². The Kier molecular flexibility index (Phi) is 4.49. The summed E-state index contributed by atoms with van der Waals surface area (Å²) in [7, 11) is 1.48. The number of carbonyl (C=O) groups is 1. The van der Waals surface area contributed by atoms with E-state index in [1.165, 1.54) is 36.2 Å². The van der Waals surface area contributed by atoms with Crippen molar-refractivity contribution in [3.05, 3.63) is 59.0 Å². The number of halogens is 3. The number of benzene rings is 1. The highest BCUT2D eigenvalue weighted by Crippen LogP contribution is 2.39. The van der Waals surface area contributed by atoms with Crippen LogP contribution in [0.5, 0.6) is 5.75 Å². The van der Waals surface area contributed by atoms with Gasteiger partial charge in [0.1, 0.15) is 22.9 Å². The SMILES string of the molecule is Cc1ccc(-c2nc(N)nc3c2C(=O)N(C)/C3=C/c2ccccc2OC(F)(F)F)o1. The van der Waals surface area contributed by atoms with Crippen molar-refractivity contribution < 1.29 is 27.1 Å². The highest BCUT2D eigenvalue weighted by atomic mass is 19.4. The number of carbonyl (C=O) groups excluding carboxylic acids is 1. The summed E-state index contributed by atoms with van der Waals surface area (Å²) < 4.78 is 47.9. The van der Waals surface area contributed by atoms with Crippen molar-refractivity contribution in [3.8, 4) is 17.2 Å². The average molecular weight is 416 g/mol. The Morgan fingerprint density at radius 2 is 1.83 bits per heavy atom. The van der Waals surface area contributed by atoms with E-state index in [-0.39, 0.29) is 34.2 Å². The van der Waals surface area contributed by atoms with Gasteiger partial charge in [0.15, 0.2) is 5.76 Å². The molecule has 2 N–H and O–H groups in total. The van der Waals surface area contributed by atoms with E-state index in [4.69, 9.17) is 10.2 Å². The third kappa shape index (κ3) is 3.47. The van der Waals surface area contributed by atoms with Crippen molar-refractivity contribution in [2.75, 3.05) is 12.8 Å². The summed E-state index contributed by atoms with van der Waals surface area (Å²) >= 11 is 0. The van der Waals surface area contributed by atoms with Crippen LogP contribution in [0.1, 0.15) is 27.4 Å². The Morgan fingerprint density at radius 3 is 2.50 bits per heavy atom. The molecule has 3 aromatic rings. The highest BCUT2D eigenvalue weighted by Gasteiger charge is 2.37. The number of furan rings is 1. The number of aryl methyl sites for hydroxylation is 1. The number of nitrogen functional groups attached to an aromatic ring is 1. The number of amides is 1. The standard InChI is InChI=1S/C20H15F3N4O3/c1-10-7-8-14(29-10)17-15-16(25-19(24)26-17)12(27(2)18(15)28)9-11-5-3-4-6-13(11)30-20(21,22)23/h3-9H,1-2H3,(H2,24,25,26)/b12-9+. The summed E-state index contributed by atoms with van der Waals surface area (Å²) in [6.07, 6.45) is -3.48. The monoisotopic (exact) mass is 416 g/mol. The van der Waals surface area contributed by atoms with Crippen LogP contribution in [-0.2, 0) is 0 Å². The first-order chi connectivity index (χ1) is 14.1. The molecular weight excluding hydrogens is 401 g/mol. The molecule has 1 aromatic carbocycles. The fraction of sp³-hybridized carbons (Fsp3) is 0.150. The Labute approximate surface area is 168 Å². The van der Waals surface area contributed by atoms with E-state index in [1.54, 1.807) is 25.1 Å². The van der Waals surface area contributed by atoms with Gasteiger partial charge in [-0.2, -0.15) is 0 Å². The molecule has 0 saturated heterocycles. The van der Waals surface area contributed by atoms with Crippen LogP contribution < -0.4 is 10.5 Å². The predicted molar refractivity (Wildman–Crippen MR) is 102 cm³/mol. The highest BCUT2D eigenvalue weighted by molar-refractivity contribution is 6.14.